The van der Waals surface area contributed by atoms with E-state index in [2.05, 4.69) is 53.8 Å². The Kier molecular flexibility index (Phi) is 4.41. The lowest BCUT2D eigenvalue weighted by molar-refractivity contribution is 0.281. The van der Waals surface area contributed by atoms with Gasteiger partial charge in [0.15, 0.2) is 0 Å². The summed E-state index contributed by atoms with van der Waals surface area (Å²) in [6.45, 7) is 8.75. The third kappa shape index (κ3) is 3.13. The molecular weight excluding hydrogens is 290 g/mol. The number of aromatic nitrogens is 2. The molecule has 0 saturated carbocycles. The van der Waals surface area contributed by atoms with E-state index in [0.717, 1.165) is 25.2 Å². The molecule has 0 radical (unpaired) electrons. The van der Waals surface area contributed by atoms with Crippen LogP contribution >= 0.6 is 11.3 Å². The molecule has 3 nitrogen and oxygen atoms in total. The number of thiophene rings is 1. The Morgan fingerprint density at radius 2 is 2.05 bits per heavy atom. The summed E-state index contributed by atoms with van der Waals surface area (Å²) in [6.07, 6.45) is 1.97. The maximum Gasteiger partial charge on any atom is 0.0926 e. The van der Waals surface area contributed by atoms with Gasteiger partial charge in [0.2, 0.25) is 0 Å². The van der Waals surface area contributed by atoms with Crippen LogP contribution in [-0.4, -0.2) is 21.2 Å². The van der Waals surface area contributed by atoms with E-state index in [1.54, 1.807) is 0 Å². The van der Waals surface area contributed by atoms with Gasteiger partial charge in [-0.1, -0.05) is 24.3 Å². The Morgan fingerprint density at radius 3 is 2.77 bits per heavy atom. The molecule has 0 aliphatic rings. The minimum Gasteiger partial charge on any atom is -0.289 e. The molecule has 22 heavy (non-hydrogen) atoms. The molecule has 0 fully saturated rings. The molecule has 0 spiro atoms. The van der Waals surface area contributed by atoms with E-state index in [1.807, 2.05) is 35.2 Å². The van der Waals surface area contributed by atoms with Crippen molar-refractivity contribution < 1.29 is 0 Å². The second-order valence-electron chi connectivity index (χ2n) is 5.56. The maximum absolute atomic E-state index is 4.60. The van der Waals surface area contributed by atoms with Gasteiger partial charge < -0.3 is 0 Å². The van der Waals surface area contributed by atoms with Crippen LogP contribution in [0.2, 0.25) is 0 Å². The van der Waals surface area contributed by atoms with Gasteiger partial charge in [-0.25, -0.2) is 0 Å². The molecule has 2 aromatic heterocycles. The lowest BCUT2D eigenvalue weighted by atomic mass is 10.2. The predicted molar refractivity (Wildman–Crippen MR) is 94.1 cm³/mol. The summed E-state index contributed by atoms with van der Waals surface area (Å²) in [5, 5.41) is 5.84. The molecule has 0 aliphatic heterocycles. The summed E-state index contributed by atoms with van der Waals surface area (Å²) < 4.78 is 2.00. The number of rotatable bonds is 6. The highest BCUT2D eigenvalue weighted by molar-refractivity contribution is 7.11. The van der Waals surface area contributed by atoms with Crippen LogP contribution in [0.5, 0.6) is 0 Å². The molecule has 3 rings (SSSR count). The molecule has 0 aliphatic carbocycles. The Balaban J connectivity index is 1.85. The Bertz CT molecular complexity index is 785. The first-order valence-electron chi connectivity index (χ1n) is 7.46. The minimum atomic E-state index is 0.871. The van der Waals surface area contributed by atoms with E-state index < -0.39 is 0 Å². The number of nitrogens with zero attached hydrogens (tertiary/aromatic N) is 3. The lowest BCUT2D eigenvalue weighted by Gasteiger charge is -2.20. The van der Waals surface area contributed by atoms with Crippen LogP contribution in [-0.2, 0) is 20.1 Å². The van der Waals surface area contributed by atoms with Crippen molar-refractivity contribution >= 4 is 22.2 Å². The Labute approximate surface area is 135 Å². The number of benzene rings is 1. The standard InChI is InChI=1S/C18H21N3S/c1-4-11-21(12-15-10-9-14(2)22-15)13-18-16-7-5-6-8-17(16)19-20(18)3/h4-10H,1,11-13H2,2-3H3. The third-order valence-electron chi connectivity index (χ3n) is 3.80. The van der Waals surface area contributed by atoms with E-state index in [-0.39, 0.29) is 0 Å². The monoisotopic (exact) mass is 311 g/mol. The van der Waals surface area contributed by atoms with E-state index in [9.17, 15) is 0 Å². The molecule has 0 amide bonds. The second-order valence-corrected chi connectivity index (χ2v) is 6.93. The summed E-state index contributed by atoms with van der Waals surface area (Å²) >= 11 is 1.86. The van der Waals surface area contributed by atoms with Crippen molar-refractivity contribution in [1.82, 2.24) is 14.7 Å². The van der Waals surface area contributed by atoms with Gasteiger partial charge >= 0.3 is 0 Å². The molecule has 1 aromatic carbocycles. The van der Waals surface area contributed by atoms with Gasteiger partial charge in [0.25, 0.3) is 0 Å². The van der Waals surface area contributed by atoms with Crippen molar-refractivity contribution in [2.24, 2.45) is 7.05 Å². The van der Waals surface area contributed by atoms with Crippen molar-refractivity contribution in [3.05, 3.63) is 64.5 Å². The van der Waals surface area contributed by atoms with E-state index in [0.29, 0.717) is 0 Å². The van der Waals surface area contributed by atoms with Crippen LogP contribution in [0.15, 0.2) is 49.1 Å². The SMILES string of the molecule is C=CCN(Cc1ccc(C)s1)Cc1c2ccccc2nn1C. The highest BCUT2D eigenvalue weighted by Crippen LogP contribution is 2.22. The van der Waals surface area contributed by atoms with Crippen LogP contribution in [0.25, 0.3) is 10.9 Å². The summed E-state index contributed by atoms with van der Waals surface area (Å²) in [5.74, 6) is 0. The molecular formula is C18H21N3S. The van der Waals surface area contributed by atoms with Gasteiger partial charge in [0, 0.05) is 41.8 Å². The molecule has 4 heteroatoms. The minimum absolute atomic E-state index is 0.871. The molecule has 0 bridgehead atoms. The number of fused-ring (bicyclic) bond motifs is 1. The molecule has 114 valence electrons. The van der Waals surface area contributed by atoms with E-state index in [1.165, 1.54) is 20.8 Å². The van der Waals surface area contributed by atoms with Gasteiger partial charge in [0.1, 0.15) is 0 Å². The fourth-order valence-corrected chi connectivity index (χ4v) is 3.69. The Morgan fingerprint density at radius 1 is 1.23 bits per heavy atom. The van der Waals surface area contributed by atoms with Crippen LogP contribution in [0, 0.1) is 6.92 Å². The van der Waals surface area contributed by atoms with Gasteiger partial charge in [-0.3, -0.25) is 9.58 Å². The van der Waals surface area contributed by atoms with Gasteiger partial charge in [-0.15, -0.1) is 17.9 Å². The predicted octanol–water partition coefficient (Wildman–Crippen LogP) is 4.13. The number of hydrogen-bond acceptors (Lipinski definition) is 3. The highest BCUT2D eigenvalue weighted by atomic mass is 32.1. The molecule has 3 aromatic rings. The number of hydrogen-bond donors (Lipinski definition) is 0. The first kappa shape index (κ1) is 15.0. The van der Waals surface area contributed by atoms with E-state index >= 15 is 0 Å². The maximum atomic E-state index is 4.60. The highest BCUT2D eigenvalue weighted by Gasteiger charge is 2.13. The smallest absolute Gasteiger partial charge is 0.0926 e. The average molecular weight is 311 g/mol. The van der Waals surface area contributed by atoms with Crippen molar-refractivity contribution in [3.8, 4) is 0 Å². The zero-order valence-corrected chi connectivity index (χ0v) is 13.9. The largest absolute Gasteiger partial charge is 0.289 e. The summed E-state index contributed by atoms with van der Waals surface area (Å²) in [6, 6.07) is 12.7. The van der Waals surface area contributed by atoms with Gasteiger partial charge in [-0.05, 0) is 25.1 Å². The van der Waals surface area contributed by atoms with Crippen LogP contribution < -0.4 is 0 Å². The van der Waals surface area contributed by atoms with Gasteiger partial charge in [0.05, 0.1) is 11.2 Å². The van der Waals surface area contributed by atoms with Crippen LogP contribution in [0.1, 0.15) is 15.4 Å². The molecule has 0 saturated heterocycles. The third-order valence-corrected chi connectivity index (χ3v) is 4.78. The first-order chi connectivity index (χ1) is 10.7. The van der Waals surface area contributed by atoms with Crippen molar-refractivity contribution in [2.75, 3.05) is 6.54 Å². The molecule has 2 heterocycles. The number of aryl methyl sites for hydroxylation is 2. The second kappa shape index (κ2) is 6.46. The van der Waals surface area contributed by atoms with E-state index in [4.69, 9.17) is 0 Å². The van der Waals surface area contributed by atoms with Gasteiger partial charge in [-0.2, -0.15) is 5.10 Å². The van der Waals surface area contributed by atoms with Crippen LogP contribution in [0.3, 0.4) is 0 Å². The topological polar surface area (TPSA) is 21.1 Å². The summed E-state index contributed by atoms with van der Waals surface area (Å²) in [7, 11) is 2.02. The van der Waals surface area contributed by atoms with Crippen LogP contribution in [0.4, 0.5) is 0 Å². The molecule has 0 unspecified atom stereocenters. The summed E-state index contributed by atoms with van der Waals surface area (Å²) in [4.78, 5) is 5.16. The lowest BCUT2D eigenvalue weighted by Crippen LogP contribution is -2.23. The normalized spacial score (nSPS) is 11.4. The quantitative estimate of drug-likeness (QED) is 0.638. The fourth-order valence-electron chi connectivity index (χ4n) is 2.76. The fraction of sp³-hybridized carbons (Fsp3) is 0.278. The average Bonchev–Trinajstić information content (AvgIpc) is 3.03. The summed E-state index contributed by atoms with van der Waals surface area (Å²) in [5.41, 5.74) is 2.32. The van der Waals surface area contributed by atoms with Crippen molar-refractivity contribution in [1.29, 1.82) is 0 Å². The van der Waals surface area contributed by atoms with Crippen molar-refractivity contribution in [2.45, 2.75) is 20.0 Å². The Hall–Kier alpha value is -1.91. The zero-order chi connectivity index (χ0) is 15.5. The first-order valence-corrected chi connectivity index (χ1v) is 8.28. The molecule has 0 N–H and O–H groups in total. The van der Waals surface area contributed by atoms with Crippen molar-refractivity contribution in [3.63, 3.8) is 0 Å². The molecule has 0 atom stereocenters. The zero-order valence-electron chi connectivity index (χ0n) is 13.1.